The largest absolute Gasteiger partial charge is 0.369 e. The molecule has 1 fully saturated rings. The van der Waals surface area contributed by atoms with Crippen LogP contribution >= 0.6 is 11.6 Å². The molecule has 6 heteroatoms. The molecule has 3 rings (SSSR count). The number of ether oxygens (including phenoxy) is 1. The van der Waals surface area contributed by atoms with Gasteiger partial charge in [-0.25, -0.2) is 9.18 Å². The van der Waals surface area contributed by atoms with Gasteiger partial charge in [0, 0.05) is 10.7 Å². The van der Waals surface area contributed by atoms with Crippen LogP contribution in [-0.2, 0) is 4.74 Å². The van der Waals surface area contributed by atoms with Crippen LogP contribution in [0.2, 0.25) is 5.02 Å². The lowest BCUT2D eigenvalue weighted by molar-refractivity contribution is -0.0783. The lowest BCUT2D eigenvalue weighted by Gasteiger charge is -2.45. The minimum absolute atomic E-state index is 0.206. The highest BCUT2D eigenvalue weighted by atomic mass is 35.5. The number of halogens is 2. The third-order valence-corrected chi connectivity index (χ3v) is 4.55. The van der Waals surface area contributed by atoms with Crippen LogP contribution in [0.4, 0.5) is 14.9 Å². The molecule has 1 unspecified atom stereocenters. The Hall–Kier alpha value is -2.11. The lowest BCUT2D eigenvalue weighted by Crippen LogP contribution is -2.57. The van der Waals surface area contributed by atoms with Gasteiger partial charge in [-0.2, -0.15) is 0 Å². The second kappa shape index (κ2) is 7.02. The number of anilines is 1. The van der Waals surface area contributed by atoms with E-state index in [0.717, 1.165) is 5.56 Å². The van der Waals surface area contributed by atoms with Gasteiger partial charge in [-0.05, 0) is 55.8 Å². The molecule has 0 aliphatic carbocycles. The van der Waals surface area contributed by atoms with Crippen LogP contribution in [0.3, 0.4) is 0 Å². The Kier molecular flexibility index (Phi) is 4.97. The van der Waals surface area contributed by atoms with Crippen LogP contribution in [0.1, 0.15) is 25.5 Å². The zero-order chi connectivity index (χ0) is 18.0. The van der Waals surface area contributed by atoms with Crippen molar-refractivity contribution in [3.05, 3.63) is 64.9 Å². The summed E-state index contributed by atoms with van der Waals surface area (Å²) in [7, 11) is 0. The van der Waals surface area contributed by atoms with Gasteiger partial charge >= 0.3 is 6.03 Å². The van der Waals surface area contributed by atoms with Crippen molar-refractivity contribution in [2.24, 2.45) is 0 Å². The first kappa shape index (κ1) is 17.7. The highest BCUT2D eigenvalue weighted by molar-refractivity contribution is 6.30. The Morgan fingerprint density at radius 2 is 1.84 bits per heavy atom. The van der Waals surface area contributed by atoms with E-state index in [1.54, 1.807) is 41.3 Å². The van der Waals surface area contributed by atoms with Gasteiger partial charge in [0.05, 0.1) is 18.7 Å². The normalized spacial score (nSPS) is 19.5. The highest BCUT2D eigenvalue weighted by Gasteiger charge is 2.38. The Morgan fingerprint density at radius 1 is 1.20 bits per heavy atom. The maximum Gasteiger partial charge on any atom is 0.322 e. The molecule has 2 amide bonds. The second-order valence-electron chi connectivity index (χ2n) is 6.71. The number of carbonyl (C=O) groups excluding carboxylic acids is 1. The van der Waals surface area contributed by atoms with Crippen LogP contribution in [0.25, 0.3) is 0 Å². The zero-order valence-corrected chi connectivity index (χ0v) is 14.9. The number of hydrogen-bond donors (Lipinski definition) is 1. The quantitative estimate of drug-likeness (QED) is 0.828. The van der Waals surface area contributed by atoms with Gasteiger partial charge in [-0.15, -0.1) is 0 Å². The summed E-state index contributed by atoms with van der Waals surface area (Å²) in [6.07, 6.45) is -0.287. The Balaban J connectivity index is 1.75. The van der Waals surface area contributed by atoms with E-state index in [-0.39, 0.29) is 18.0 Å². The second-order valence-corrected chi connectivity index (χ2v) is 7.15. The summed E-state index contributed by atoms with van der Waals surface area (Å²) in [5, 5.41) is 3.50. The number of benzene rings is 2. The van der Waals surface area contributed by atoms with Gasteiger partial charge in [0.2, 0.25) is 0 Å². The van der Waals surface area contributed by atoms with E-state index in [9.17, 15) is 9.18 Å². The van der Waals surface area contributed by atoms with Crippen LogP contribution in [0.15, 0.2) is 48.5 Å². The van der Waals surface area contributed by atoms with Gasteiger partial charge < -0.3 is 15.0 Å². The Morgan fingerprint density at radius 3 is 2.48 bits per heavy atom. The standard InChI is InChI=1S/C19H20ClFN2O2/c1-19(2)12-25-17(13-3-7-15(21)8-4-13)11-23(19)18(24)22-16-9-5-14(20)6-10-16/h3-10,17H,11-12H2,1-2H3,(H,22,24). The van der Waals surface area contributed by atoms with Crippen LogP contribution < -0.4 is 5.32 Å². The maximum absolute atomic E-state index is 13.1. The summed E-state index contributed by atoms with van der Waals surface area (Å²) in [5.41, 5.74) is 1.07. The molecule has 0 aromatic heterocycles. The Labute approximate surface area is 151 Å². The zero-order valence-electron chi connectivity index (χ0n) is 14.1. The topological polar surface area (TPSA) is 41.6 Å². The van der Waals surface area contributed by atoms with Gasteiger partial charge in [0.25, 0.3) is 0 Å². The first-order valence-corrected chi connectivity index (χ1v) is 8.44. The molecule has 4 nitrogen and oxygen atoms in total. The van der Waals surface area contributed by atoms with Gasteiger partial charge in [0.15, 0.2) is 0 Å². The number of rotatable bonds is 2. The summed E-state index contributed by atoms with van der Waals surface area (Å²) in [5.74, 6) is -0.294. The molecule has 0 saturated carbocycles. The molecule has 25 heavy (non-hydrogen) atoms. The van der Waals surface area contributed by atoms with Crippen molar-refractivity contribution >= 4 is 23.3 Å². The van der Waals surface area contributed by atoms with E-state index < -0.39 is 5.54 Å². The van der Waals surface area contributed by atoms with Crippen molar-refractivity contribution in [2.45, 2.75) is 25.5 Å². The summed E-state index contributed by atoms with van der Waals surface area (Å²) >= 11 is 5.87. The fraction of sp³-hybridized carbons (Fsp3) is 0.316. The minimum Gasteiger partial charge on any atom is -0.369 e. The SMILES string of the molecule is CC1(C)COC(c2ccc(F)cc2)CN1C(=O)Nc1ccc(Cl)cc1. The van der Waals surface area contributed by atoms with Gasteiger partial charge in [-0.1, -0.05) is 23.7 Å². The summed E-state index contributed by atoms with van der Waals surface area (Å²) in [4.78, 5) is 14.5. The summed E-state index contributed by atoms with van der Waals surface area (Å²) < 4.78 is 19.0. The molecule has 1 aliphatic heterocycles. The third kappa shape index (κ3) is 4.11. The van der Waals surface area contributed by atoms with Crippen molar-refractivity contribution in [3.8, 4) is 0 Å². The lowest BCUT2D eigenvalue weighted by atomic mass is 9.98. The van der Waals surface area contributed by atoms with Crippen molar-refractivity contribution in [2.75, 3.05) is 18.5 Å². The number of urea groups is 1. The maximum atomic E-state index is 13.1. The van der Waals surface area contributed by atoms with Gasteiger partial charge in [0.1, 0.15) is 11.9 Å². The van der Waals surface area contributed by atoms with Crippen LogP contribution in [0.5, 0.6) is 0 Å². The number of hydrogen-bond acceptors (Lipinski definition) is 2. The van der Waals surface area contributed by atoms with E-state index >= 15 is 0 Å². The highest BCUT2D eigenvalue weighted by Crippen LogP contribution is 2.31. The molecule has 2 aromatic carbocycles. The van der Waals surface area contributed by atoms with E-state index in [0.29, 0.717) is 23.9 Å². The number of nitrogens with one attached hydrogen (secondary N) is 1. The molecule has 1 saturated heterocycles. The number of morpholine rings is 1. The fourth-order valence-corrected chi connectivity index (χ4v) is 2.94. The van der Waals surface area contributed by atoms with E-state index in [1.807, 2.05) is 13.8 Å². The molecule has 132 valence electrons. The first-order valence-electron chi connectivity index (χ1n) is 8.06. The average molecular weight is 363 g/mol. The summed E-state index contributed by atoms with van der Waals surface area (Å²) in [6.45, 7) is 4.69. The number of nitrogens with zero attached hydrogens (tertiary/aromatic N) is 1. The van der Waals surface area contributed by atoms with E-state index in [1.165, 1.54) is 12.1 Å². The smallest absolute Gasteiger partial charge is 0.322 e. The molecular weight excluding hydrogens is 343 g/mol. The molecular formula is C19H20ClFN2O2. The van der Waals surface area contributed by atoms with Crippen molar-refractivity contribution in [1.82, 2.24) is 4.90 Å². The number of amides is 2. The van der Waals surface area contributed by atoms with Crippen LogP contribution in [-0.4, -0.2) is 29.6 Å². The molecule has 0 bridgehead atoms. The molecule has 1 heterocycles. The molecule has 0 radical (unpaired) electrons. The average Bonchev–Trinajstić information content (AvgIpc) is 2.57. The first-order chi connectivity index (χ1) is 11.8. The number of carbonyl (C=O) groups is 1. The van der Waals surface area contributed by atoms with Crippen molar-refractivity contribution in [1.29, 1.82) is 0 Å². The van der Waals surface area contributed by atoms with Crippen LogP contribution in [0, 0.1) is 5.82 Å². The Bertz CT molecular complexity index is 747. The molecule has 1 aliphatic rings. The molecule has 1 atom stereocenters. The van der Waals surface area contributed by atoms with Gasteiger partial charge in [-0.3, -0.25) is 0 Å². The third-order valence-electron chi connectivity index (χ3n) is 4.30. The molecule has 2 aromatic rings. The minimum atomic E-state index is -0.451. The predicted molar refractivity (Wildman–Crippen MR) is 96.3 cm³/mol. The fourth-order valence-electron chi connectivity index (χ4n) is 2.81. The van der Waals surface area contributed by atoms with Crippen molar-refractivity contribution < 1.29 is 13.9 Å². The molecule has 1 N–H and O–H groups in total. The van der Waals surface area contributed by atoms with Crippen molar-refractivity contribution in [3.63, 3.8) is 0 Å². The van der Waals surface area contributed by atoms with E-state index in [4.69, 9.17) is 16.3 Å². The monoisotopic (exact) mass is 362 g/mol. The predicted octanol–water partition coefficient (Wildman–Crippen LogP) is 4.86. The summed E-state index contributed by atoms with van der Waals surface area (Å²) in [6, 6.07) is 12.9. The molecule has 0 spiro atoms. The van der Waals surface area contributed by atoms with E-state index in [2.05, 4.69) is 5.32 Å².